The second kappa shape index (κ2) is 8.06. The predicted molar refractivity (Wildman–Crippen MR) is 124 cm³/mol. The minimum Gasteiger partial charge on any atom is -0.469 e. The van der Waals surface area contributed by atoms with Crippen molar-refractivity contribution in [1.82, 2.24) is 9.55 Å². The Labute approximate surface area is 196 Å². The van der Waals surface area contributed by atoms with Crippen molar-refractivity contribution in [3.05, 3.63) is 62.4 Å². The summed E-state index contributed by atoms with van der Waals surface area (Å²) in [5, 5.41) is 12.1. The van der Waals surface area contributed by atoms with Crippen molar-refractivity contribution in [2.45, 2.75) is 58.3 Å². The number of carbonyl (C=O) groups is 2. The Balaban J connectivity index is 1.73. The van der Waals surface area contributed by atoms with Crippen LogP contribution in [-0.4, -0.2) is 33.7 Å². The van der Waals surface area contributed by atoms with Gasteiger partial charge in [0.2, 0.25) is 0 Å². The number of aromatic nitrogens is 2. The first-order chi connectivity index (χ1) is 16.3. The Morgan fingerprint density at radius 1 is 1.26 bits per heavy atom. The number of cyclic esters (lactones) is 1. The maximum absolute atomic E-state index is 13.4. The van der Waals surface area contributed by atoms with Crippen LogP contribution >= 0.6 is 0 Å². The number of ether oxygens (including phenoxy) is 2. The molecule has 0 saturated carbocycles. The molecule has 1 N–H and O–H groups in total. The van der Waals surface area contributed by atoms with Crippen LogP contribution in [0.1, 0.15) is 54.5 Å². The predicted octanol–water partition coefficient (Wildman–Crippen LogP) is 2.75. The Bertz CT molecular complexity index is 1420. The van der Waals surface area contributed by atoms with Crippen molar-refractivity contribution in [2.24, 2.45) is 0 Å². The van der Waals surface area contributed by atoms with Gasteiger partial charge in [-0.3, -0.25) is 9.59 Å². The molecule has 0 aliphatic carbocycles. The summed E-state index contributed by atoms with van der Waals surface area (Å²) < 4.78 is 11.6. The lowest BCUT2D eigenvalue weighted by Gasteiger charge is -2.31. The van der Waals surface area contributed by atoms with E-state index in [1.54, 1.807) is 17.6 Å². The van der Waals surface area contributed by atoms with Gasteiger partial charge in [0, 0.05) is 22.9 Å². The second-order valence-electron chi connectivity index (χ2n) is 8.76. The molecule has 8 heteroatoms. The van der Waals surface area contributed by atoms with Crippen LogP contribution in [0.25, 0.3) is 22.3 Å². The van der Waals surface area contributed by atoms with Gasteiger partial charge in [-0.2, -0.15) is 0 Å². The summed E-state index contributed by atoms with van der Waals surface area (Å²) in [5.41, 5.74) is 3.59. The molecular weight excluding hydrogens is 436 g/mol. The summed E-state index contributed by atoms with van der Waals surface area (Å²) in [6.07, 6.45) is 1.62. The molecule has 176 valence electrons. The number of nitrogens with zero attached hydrogens (tertiary/aromatic N) is 2. The number of methoxy groups -OCH3 is 1. The number of hydrogen-bond donors (Lipinski definition) is 1. The highest BCUT2D eigenvalue weighted by Gasteiger charge is 2.45. The highest BCUT2D eigenvalue weighted by molar-refractivity contribution is 5.91. The average Bonchev–Trinajstić information content (AvgIpc) is 3.22. The van der Waals surface area contributed by atoms with Gasteiger partial charge in [0.1, 0.15) is 6.61 Å². The minimum absolute atomic E-state index is 0.101. The zero-order valence-electron chi connectivity index (χ0n) is 19.4. The Kier molecular flexibility index (Phi) is 5.28. The van der Waals surface area contributed by atoms with Gasteiger partial charge >= 0.3 is 11.9 Å². The van der Waals surface area contributed by atoms with Gasteiger partial charge in [-0.05, 0) is 42.5 Å². The Morgan fingerprint density at radius 3 is 2.76 bits per heavy atom. The number of esters is 2. The van der Waals surface area contributed by atoms with Crippen LogP contribution in [0.4, 0.5) is 0 Å². The molecule has 2 aliphatic heterocycles. The topological polar surface area (TPSA) is 108 Å². The Morgan fingerprint density at radius 2 is 2.06 bits per heavy atom. The van der Waals surface area contributed by atoms with Gasteiger partial charge in [0.25, 0.3) is 5.56 Å². The first-order valence-electron chi connectivity index (χ1n) is 11.5. The van der Waals surface area contributed by atoms with Gasteiger partial charge in [-0.1, -0.05) is 26.0 Å². The van der Waals surface area contributed by atoms with E-state index in [0.29, 0.717) is 35.5 Å². The SMILES string of the molecule is CCc1c2c(nc3cccc(CCC(=O)OC)c13)-c1cc3c(c(=O)n1C2)COC(=O)[C@]3(O)CC. The van der Waals surface area contributed by atoms with Gasteiger partial charge in [0.05, 0.1) is 36.1 Å². The quantitative estimate of drug-likeness (QED) is 0.455. The van der Waals surface area contributed by atoms with Crippen LogP contribution in [0, 0.1) is 0 Å². The van der Waals surface area contributed by atoms with Crippen molar-refractivity contribution in [1.29, 1.82) is 0 Å². The molecule has 0 spiro atoms. The van der Waals surface area contributed by atoms with E-state index in [1.165, 1.54) is 7.11 Å². The number of aliphatic hydroxyl groups is 1. The summed E-state index contributed by atoms with van der Waals surface area (Å²) in [6, 6.07) is 7.56. The third kappa shape index (κ3) is 3.09. The fraction of sp³-hybridized carbons (Fsp3) is 0.385. The first-order valence-corrected chi connectivity index (χ1v) is 11.5. The van der Waals surface area contributed by atoms with Gasteiger partial charge in [-0.15, -0.1) is 0 Å². The average molecular weight is 463 g/mol. The van der Waals surface area contributed by atoms with Crippen molar-refractivity contribution in [2.75, 3.05) is 7.11 Å². The first kappa shape index (κ1) is 22.3. The van der Waals surface area contributed by atoms with Crippen LogP contribution < -0.4 is 5.56 Å². The van der Waals surface area contributed by atoms with E-state index in [2.05, 4.69) is 6.92 Å². The molecule has 0 radical (unpaired) electrons. The number of benzene rings is 1. The van der Waals surface area contributed by atoms with Crippen LogP contribution in [0.3, 0.4) is 0 Å². The molecule has 2 aromatic heterocycles. The highest BCUT2D eigenvalue weighted by Crippen LogP contribution is 2.40. The smallest absolute Gasteiger partial charge is 0.343 e. The summed E-state index contributed by atoms with van der Waals surface area (Å²) in [5.74, 6) is -1.00. The summed E-state index contributed by atoms with van der Waals surface area (Å²) in [7, 11) is 1.38. The molecule has 2 aliphatic rings. The van der Waals surface area contributed by atoms with Gasteiger partial charge < -0.3 is 19.1 Å². The van der Waals surface area contributed by atoms with Crippen LogP contribution in [0.15, 0.2) is 29.1 Å². The number of aryl methyl sites for hydroxylation is 2. The van der Waals surface area contributed by atoms with E-state index in [1.807, 2.05) is 18.2 Å². The maximum Gasteiger partial charge on any atom is 0.343 e. The molecule has 34 heavy (non-hydrogen) atoms. The molecule has 0 amide bonds. The summed E-state index contributed by atoms with van der Waals surface area (Å²) >= 11 is 0. The normalized spacial score (nSPS) is 18.3. The van der Waals surface area contributed by atoms with E-state index < -0.39 is 11.6 Å². The molecule has 0 bridgehead atoms. The monoisotopic (exact) mass is 462 g/mol. The largest absolute Gasteiger partial charge is 0.469 e. The second-order valence-corrected chi connectivity index (χ2v) is 8.76. The standard InChI is InChI=1S/C26H26N2O6/c1-4-15-16-12-28-20(11-18-17(24(28)30)13-34-25(31)26(18,32)5-2)23(16)27-19-8-6-7-14(22(15)19)9-10-21(29)33-3/h6-8,11,32H,4-5,9-10,12-13H2,1-3H3/t26-/m0/s1. The molecule has 4 heterocycles. The molecule has 1 atom stereocenters. The fourth-order valence-electron chi connectivity index (χ4n) is 5.24. The van der Waals surface area contributed by atoms with E-state index in [0.717, 1.165) is 34.0 Å². The lowest BCUT2D eigenvalue weighted by atomic mass is 9.86. The molecule has 8 nitrogen and oxygen atoms in total. The molecule has 3 aromatic rings. The summed E-state index contributed by atoms with van der Waals surface area (Å²) in [4.78, 5) is 42.5. The number of carbonyl (C=O) groups excluding carboxylic acids is 2. The van der Waals surface area contributed by atoms with E-state index in [9.17, 15) is 19.5 Å². The van der Waals surface area contributed by atoms with Gasteiger partial charge in [-0.25, -0.2) is 9.78 Å². The van der Waals surface area contributed by atoms with Crippen molar-refractivity contribution in [3.8, 4) is 11.4 Å². The lowest BCUT2D eigenvalue weighted by molar-refractivity contribution is -0.172. The number of hydrogen-bond acceptors (Lipinski definition) is 7. The van der Waals surface area contributed by atoms with E-state index >= 15 is 0 Å². The third-order valence-electron chi connectivity index (χ3n) is 7.09. The molecule has 1 aromatic carbocycles. The number of pyridine rings is 2. The minimum atomic E-state index is -1.85. The summed E-state index contributed by atoms with van der Waals surface area (Å²) in [6.45, 7) is 3.95. The van der Waals surface area contributed by atoms with Crippen molar-refractivity contribution < 1.29 is 24.2 Å². The lowest BCUT2D eigenvalue weighted by Crippen LogP contribution is -2.44. The molecule has 0 saturated heterocycles. The maximum atomic E-state index is 13.4. The van der Waals surface area contributed by atoms with Crippen molar-refractivity contribution >= 4 is 22.8 Å². The molecular formula is C26H26N2O6. The molecule has 5 rings (SSSR count). The third-order valence-corrected chi connectivity index (χ3v) is 7.09. The van der Waals surface area contributed by atoms with Crippen molar-refractivity contribution in [3.63, 3.8) is 0 Å². The number of fused-ring (bicyclic) bond motifs is 5. The van der Waals surface area contributed by atoms with Crippen LogP contribution in [0.2, 0.25) is 0 Å². The van der Waals surface area contributed by atoms with Crippen LogP contribution in [0.5, 0.6) is 0 Å². The molecule has 0 fully saturated rings. The molecule has 0 unspecified atom stereocenters. The van der Waals surface area contributed by atoms with E-state index in [4.69, 9.17) is 14.5 Å². The van der Waals surface area contributed by atoms with Gasteiger partial charge in [0.15, 0.2) is 5.60 Å². The zero-order valence-corrected chi connectivity index (χ0v) is 19.4. The zero-order chi connectivity index (χ0) is 24.2. The highest BCUT2D eigenvalue weighted by atomic mass is 16.6. The van der Waals surface area contributed by atoms with Crippen LogP contribution in [-0.2, 0) is 50.7 Å². The fourth-order valence-corrected chi connectivity index (χ4v) is 5.24. The Hall–Kier alpha value is -3.52. The number of rotatable bonds is 5. The van der Waals surface area contributed by atoms with E-state index in [-0.39, 0.29) is 31.0 Å².